The Morgan fingerprint density at radius 3 is 2.69 bits per heavy atom. The first-order valence-electron chi connectivity index (χ1n) is 12.3. The Kier molecular flexibility index (Phi) is 5.46. The number of hydrogen-bond donors (Lipinski definition) is 0. The molecule has 0 saturated heterocycles. The zero-order valence-corrected chi connectivity index (χ0v) is 19.7. The summed E-state index contributed by atoms with van der Waals surface area (Å²) in [6.45, 7) is 3.94. The van der Waals surface area contributed by atoms with Gasteiger partial charge < -0.3 is 9.80 Å². The molecule has 3 aromatic heterocycles. The maximum atomic E-state index is 13.5. The van der Waals surface area contributed by atoms with Crippen molar-refractivity contribution in [1.29, 1.82) is 0 Å². The maximum Gasteiger partial charge on any atom is 0.280 e. The molecule has 0 atom stereocenters. The summed E-state index contributed by atoms with van der Waals surface area (Å²) < 4.78 is 27.0. The van der Waals surface area contributed by atoms with Gasteiger partial charge in [-0.05, 0) is 49.1 Å². The first-order valence-corrected chi connectivity index (χ1v) is 12.3. The van der Waals surface area contributed by atoms with Gasteiger partial charge in [-0.3, -0.25) is 14.8 Å². The Morgan fingerprint density at radius 1 is 1.06 bits per heavy atom. The number of pyridine rings is 3. The van der Waals surface area contributed by atoms with Gasteiger partial charge in [0.05, 0.1) is 17.8 Å². The number of aryl methyl sites for hydroxylation is 1. The fourth-order valence-corrected chi connectivity index (χ4v) is 5.75. The average molecular weight is 476 g/mol. The lowest BCUT2D eigenvalue weighted by Gasteiger charge is -2.31. The number of nitrogens with zero attached hydrogens (tertiary/aromatic N) is 5. The summed E-state index contributed by atoms with van der Waals surface area (Å²) in [5, 5.41) is 0. The molecule has 1 saturated carbocycles. The number of halogens is 2. The number of hydrogen-bond acceptors (Lipinski definition) is 5. The summed E-state index contributed by atoms with van der Waals surface area (Å²) in [6, 6.07) is 7.60. The van der Waals surface area contributed by atoms with E-state index in [-0.39, 0.29) is 11.6 Å². The van der Waals surface area contributed by atoms with Gasteiger partial charge in [-0.1, -0.05) is 18.9 Å². The third-order valence-corrected chi connectivity index (χ3v) is 7.54. The monoisotopic (exact) mass is 475 g/mol. The van der Waals surface area contributed by atoms with Crippen LogP contribution < -0.4 is 4.90 Å². The Morgan fingerprint density at radius 2 is 1.89 bits per heavy atom. The van der Waals surface area contributed by atoms with E-state index in [1.165, 1.54) is 19.0 Å². The molecule has 0 aromatic carbocycles. The molecule has 6 rings (SSSR count). The van der Waals surface area contributed by atoms with Gasteiger partial charge in [-0.15, -0.1) is 0 Å². The average Bonchev–Trinajstić information content (AvgIpc) is 3.51. The van der Waals surface area contributed by atoms with E-state index in [0.29, 0.717) is 30.3 Å². The molecule has 35 heavy (non-hydrogen) atoms. The van der Waals surface area contributed by atoms with Crippen molar-refractivity contribution in [2.24, 2.45) is 0 Å². The van der Waals surface area contributed by atoms with E-state index in [4.69, 9.17) is 4.98 Å². The molecular weight excluding hydrogens is 448 g/mol. The van der Waals surface area contributed by atoms with Gasteiger partial charge >= 0.3 is 0 Å². The largest absolute Gasteiger partial charge is 0.352 e. The second-order valence-electron chi connectivity index (χ2n) is 9.73. The number of fused-ring (bicyclic) bond motifs is 2. The molecule has 1 fully saturated rings. The molecule has 6 nitrogen and oxygen atoms in total. The molecule has 1 amide bonds. The quantitative estimate of drug-likeness (QED) is 0.516. The summed E-state index contributed by atoms with van der Waals surface area (Å²) in [5.74, 6) is 0.994. The van der Waals surface area contributed by atoms with Crippen molar-refractivity contribution in [3.05, 3.63) is 70.4 Å². The molecule has 5 heterocycles. The molecule has 0 unspecified atom stereocenters. The fraction of sp³-hybridized carbons (Fsp3) is 0.407. The van der Waals surface area contributed by atoms with Crippen LogP contribution in [0.25, 0.3) is 11.1 Å². The van der Waals surface area contributed by atoms with E-state index in [0.717, 1.165) is 59.7 Å². The summed E-state index contributed by atoms with van der Waals surface area (Å²) in [7, 11) is 0. The van der Waals surface area contributed by atoms with Crippen molar-refractivity contribution >= 4 is 11.7 Å². The van der Waals surface area contributed by atoms with E-state index in [1.807, 2.05) is 24.0 Å². The third-order valence-electron chi connectivity index (χ3n) is 7.54. The van der Waals surface area contributed by atoms with Crippen LogP contribution in [0.2, 0.25) is 0 Å². The predicted octanol–water partition coefficient (Wildman–Crippen LogP) is 5.25. The van der Waals surface area contributed by atoms with Crippen molar-refractivity contribution in [2.75, 3.05) is 11.4 Å². The number of amides is 1. The molecule has 2 aliphatic heterocycles. The van der Waals surface area contributed by atoms with Gasteiger partial charge in [0.2, 0.25) is 0 Å². The zero-order valence-electron chi connectivity index (χ0n) is 19.7. The number of alkyl halides is 2. The Balaban J connectivity index is 1.29. The fourth-order valence-electron chi connectivity index (χ4n) is 5.75. The minimum absolute atomic E-state index is 0.109. The third kappa shape index (κ3) is 3.85. The molecule has 0 bridgehead atoms. The van der Waals surface area contributed by atoms with Crippen LogP contribution in [-0.2, 0) is 19.5 Å². The SMILES string of the molecule is Cc1cc2c(nc1N1CCc3ncc(-c4cccnc4C(F)F)cc3C1)CN(C1CCCC1)C2=O. The second kappa shape index (κ2) is 8.66. The molecule has 180 valence electrons. The molecule has 3 aliphatic rings. The summed E-state index contributed by atoms with van der Waals surface area (Å²) in [4.78, 5) is 30.7. The summed E-state index contributed by atoms with van der Waals surface area (Å²) in [6.07, 6.45) is 5.67. The highest BCUT2D eigenvalue weighted by Gasteiger charge is 2.36. The molecule has 0 N–H and O–H groups in total. The highest BCUT2D eigenvalue weighted by Crippen LogP contribution is 2.35. The highest BCUT2D eigenvalue weighted by molar-refractivity contribution is 5.98. The van der Waals surface area contributed by atoms with Gasteiger partial charge in [0.15, 0.2) is 0 Å². The van der Waals surface area contributed by atoms with Gasteiger partial charge in [-0.2, -0.15) is 0 Å². The van der Waals surface area contributed by atoms with Crippen molar-refractivity contribution in [1.82, 2.24) is 19.9 Å². The van der Waals surface area contributed by atoms with Crippen LogP contribution in [0.15, 0.2) is 36.7 Å². The smallest absolute Gasteiger partial charge is 0.280 e. The molecule has 8 heteroatoms. The Hall–Kier alpha value is -3.42. The topological polar surface area (TPSA) is 62.2 Å². The van der Waals surface area contributed by atoms with E-state index in [9.17, 15) is 13.6 Å². The first kappa shape index (κ1) is 22.1. The molecule has 0 spiro atoms. The van der Waals surface area contributed by atoms with Crippen LogP contribution in [0.5, 0.6) is 0 Å². The van der Waals surface area contributed by atoms with Gasteiger partial charge in [0.1, 0.15) is 11.5 Å². The normalized spacial score (nSPS) is 17.9. The highest BCUT2D eigenvalue weighted by atomic mass is 19.3. The summed E-state index contributed by atoms with van der Waals surface area (Å²) >= 11 is 0. The van der Waals surface area contributed by atoms with Crippen molar-refractivity contribution < 1.29 is 13.6 Å². The second-order valence-corrected chi connectivity index (χ2v) is 9.73. The number of carbonyl (C=O) groups is 1. The Bertz CT molecular complexity index is 1300. The van der Waals surface area contributed by atoms with E-state index in [2.05, 4.69) is 14.9 Å². The maximum absolute atomic E-state index is 13.5. The van der Waals surface area contributed by atoms with Crippen LogP contribution >= 0.6 is 0 Å². The summed E-state index contributed by atoms with van der Waals surface area (Å²) in [5.41, 5.74) is 5.38. The van der Waals surface area contributed by atoms with Crippen molar-refractivity contribution in [3.63, 3.8) is 0 Å². The number of rotatable bonds is 4. The van der Waals surface area contributed by atoms with Crippen LogP contribution in [0.4, 0.5) is 14.6 Å². The molecule has 3 aromatic rings. The van der Waals surface area contributed by atoms with Crippen molar-refractivity contribution in [3.8, 4) is 11.1 Å². The van der Waals surface area contributed by atoms with Crippen molar-refractivity contribution in [2.45, 2.75) is 64.6 Å². The van der Waals surface area contributed by atoms with E-state index < -0.39 is 6.43 Å². The van der Waals surface area contributed by atoms with E-state index >= 15 is 0 Å². The minimum atomic E-state index is -2.65. The molecular formula is C27H27F2N5O. The number of anilines is 1. The number of aromatic nitrogens is 3. The van der Waals surface area contributed by atoms with E-state index in [1.54, 1.807) is 18.3 Å². The van der Waals surface area contributed by atoms with Crippen LogP contribution in [0, 0.1) is 6.92 Å². The minimum Gasteiger partial charge on any atom is -0.352 e. The van der Waals surface area contributed by atoms with Gasteiger partial charge in [0, 0.05) is 54.8 Å². The van der Waals surface area contributed by atoms with Gasteiger partial charge in [0.25, 0.3) is 12.3 Å². The lowest BCUT2D eigenvalue weighted by Crippen LogP contribution is -2.33. The van der Waals surface area contributed by atoms with Crippen LogP contribution in [0.3, 0.4) is 0 Å². The van der Waals surface area contributed by atoms with Crippen LogP contribution in [0.1, 0.15) is 70.7 Å². The standard InChI is InChI=1S/C27H27F2N5O/c1-16-11-21-23(15-34(27(21)35)19-5-2-3-6-19)32-26(16)33-10-8-22-18(14-33)12-17(13-31-22)20-7-4-9-30-24(20)25(28)29/h4,7,9,11-13,19,25H,2-3,5-6,8,10,14-15H2,1H3. The number of carbonyl (C=O) groups excluding carboxylic acids is 1. The van der Waals surface area contributed by atoms with Crippen LogP contribution in [-0.4, -0.2) is 38.3 Å². The Labute approximate surface area is 203 Å². The zero-order chi connectivity index (χ0) is 24.1. The first-order chi connectivity index (χ1) is 17.0. The predicted molar refractivity (Wildman–Crippen MR) is 128 cm³/mol. The molecule has 1 aliphatic carbocycles. The van der Waals surface area contributed by atoms with Gasteiger partial charge in [-0.25, -0.2) is 13.8 Å². The lowest BCUT2D eigenvalue weighted by molar-refractivity contribution is 0.0706. The lowest BCUT2D eigenvalue weighted by atomic mass is 9.99. The molecule has 0 radical (unpaired) electrons.